The maximum absolute atomic E-state index is 2.68. The lowest BCUT2D eigenvalue weighted by Crippen LogP contribution is -2.46. The van der Waals surface area contributed by atoms with E-state index in [1.54, 1.807) is 11.1 Å². The van der Waals surface area contributed by atoms with Crippen molar-refractivity contribution < 1.29 is 0 Å². The lowest BCUT2D eigenvalue weighted by atomic mass is 9.85. The summed E-state index contributed by atoms with van der Waals surface area (Å²) in [5.41, 5.74) is 3.17. The monoisotopic (exact) mass is 230 g/mol. The summed E-state index contributed by atoms with van der Waals surface area (Å²) < 4.78 is 0. The normalized spacial score (nSPS) is 28.9. The van der Waals surface area contributed by atoms with Gasteiger partial charge in [-0.05, 0) is 44.5 Å². The average molecular weight is 230 g/mol. The summed E-state index contributed by atoms with van der Waals surface area (Å²) >= 11 is 0. The fraction of sp³-hybridized carbons (Fsp3) is 0.600. The third kappa shape index (κ3) is 2.00. The van der Waals surface area contributed by atoms with Gasteiger partial charge in [-0.15, -0.1) is 0 Å². The van der Waals surface area contributed by atoms with Crippen LogP contribution in [0.25, 0.3) is 0 Å². The van der Waals surface area contributed by atoms with Crippen LogP contribution in [0.1, 0.15) is 30.0 Å². The SMILES string of the molecule is CN(C)C1CCN2CCc3ccccc3C2C1. The molecule has 17 heavy (non-hydrogen) atoms. The number of benzene rings is 1. The topological polar surface area (TPSA) is 6.48 Å². The number of hydrogen-bond donors (Lipinski definition) is 0. The van der Waals surface area contributed by atoms with Gasteiger partial charge in [-0.1, -0.05) is 24.3 Å². The lowest BCUT2D eigenvalue weighted by Gasteiger charge is -2.45. The third-order valence-electron chi connectivity index (χ3n) is 4.50. The smallest absolute Gasteiger partial charge is 0.0365 e. The quantitative estimate of drug-likeness (QED) is 0.730. The Kier molecular flexibility index (Phi) is 2.93. The molecular weight excluding hydrogens is 208 g/mol. The highest BCUT2D eigenvalue weighted by molar-refractivity contribution is 5.33. The lowest BCUT2D eigenvalue weighted by molar-refractivity contribution is 0.0809. The molecule has 0 saturated carbocycles. The minimum atomic E-state index is 0.668. The van der Waals surface area contributed by atoms with Crippen molar-refractivity contribution in [2.75, 3.05) is 27.2 Å². The first-order valence-electron chi connectivity index (χ1n) is 6.74. The Labute approximate surface area is 104 Å². The van der Waals surface area contributed by atoms with Gasteiger partial charge in [0.1, 0.15) is 0 Å². The van der Waals surface area contributed by atoms with E-state index in [0.717, 1.165) is 6.04 Å². The van der Waals surface area contributed by atoms with Gasteiger partial charge in [-0.2, -0.15) is 0 Å². The first-order valence-corrected chi connectivity index (χ1v) is 6.74. The van der Waals surface area contributed by atoms with Crippen LogP contribution in [0, 0.1) is 0 Å². The van der Waals surface area contributed by atoms with Crippen LogP contribution in [0.2, 0.25) is 0 Å². The highest BCUT2D eigenvalue weighted by Gasteiger charge is 2.33. The minimum Gasteiger partial charge on any atom is -0.306 e. The van der Waals surface area contributed by atoms with E-state index < -0.39 is 0 Å². The van der Waals surface area contributed by atoms with E-state index in [1.165, 1.54) is 32.4 Å². The molecule has 2 unspecified atom stereocenters. The number of fused-ring (bicyclic) bond motifs is 3. The zero-order chi connectivity index (χ0) is 11.8. The van der Waals surface area contributed by atoms with Gasteiger partial charge in [0.2, 0.25) is 0 Å². The number of nitrogens with zero attached hydrogens (tertiary/aromatic N) is 2. The van der Waals surface area contributed by atoms with Crippen molar-refractivity contribution in [1.29, 1.82) is 0 Å². The Bertz CT molecular complexity index is 400. The van der Waals surface area contributed by atoms with E-state index in [1.807, 2.05) is 0 Å². The van der Waals surface area contributed by atoms with Gasteiger partial charge in [-0.3, -0.25) is 4.90 Å². The standard InChI is InChI=1S/C15H22N2/c1-16(2)13-8-10-17-9-7-12-5-3-4-6-14(12)15(17)11-13/h3-6,13,15H,7-11H2,1-2H3. The molecule has 2 heterocycles. The highest BCUT2D eigenvalue weighted by atomic mass is 15.2. The van der Waals surface area contributed by atoms with Gasteiger partial charge in [-0.25, -0.2) is 0 Å². The predicted octanol–water partition coefficient (Wildman–Crippen LogP) is 2.31. The van der Waals surface area contributed by atoms with E-state index in [0.29, 0.717) is 6.04 Å². The largest absolute Gasteiger partial charge is 0.306 e. The Morgan fingerprint density at radius 3 is 2.82 bits per heavy atom. The molecule has 0 radical (unpaired) electrons. The maximum atomic E-state index is 2.68. The predicted molar refractivity (Wildman–Crippen MR) is 71.2 cm³/mol. The molecular formula is C15H22N2. The van der Waals surface area contributed by atoms with Crippen molar-refractivity contribution in [1.82, 2.24) is 9.80 Å². The molecule has 0 amide bonds. The molecule has 1 aromatic rings. The second-order valence-electron chi connectivity index (χ2n) is 5.64. The summed E-state index contributed by atoms with van der Waals surface area (Å²) in [4.78, 5) is 5.08. The Morgan fingerprint density at radius 2 is 2.00 bits per heavy atom. The number of piperidine rings is 1. The molecule has 2 nitrogen and oxygen atoms in total. The molecule has 1 aromatic carbocycles. The molecule has 2 aliphatic rings. The van der Waals surface area contributed by atoms with E-state index in [-0.39, 0.29) is 0 Å². The number of hydrogen-bond acceptors (Lipinski definition) is 2. The van der Waals surface area contributed by atoms with Crippen molar-refractivity contribution >= 4 is 0 Å². The van der Waals surface area contributed by atoms with E-state index in [9.17, 15) is 0 Å². The summed E-state index contributed by atoms with van der Waals surface area (Å²) in [5.74, 6) is 0. The molecule has 2 atom stereocenters. The Hall–Kier alpha value is -0.860. The fourth-order valence-corrected chi connectivity index (χ4v) is 3.41. The average Bonchev–Trinajstić information content (AvgIpc) is 2.38. The van der Waals surface area contributed by atoms with E-state index in [2.05, 4.69) is 48.2 Å². The van der Waals surface area contributed by atoms with E-state index >= 15 is 0 Å². The van der Waals surface area contributed by atoms with Crippen LogP contribution >= 0.6 is 0 Å². The van der Waals surface area contributed by atoms with Gasteiger partial charge in [0, 0.05) is 25.2 Å². The van der Waals surface area contributed by atoms with Gasteiger partial charge in [0.15, 0.2) is 0 Å². The van der Waals surface area contributed by atoms with Gasteiger partial charge in [0.05, 0.1) is 0 Å². The molecule has 0 bridgehead atoms. The van der Waals surface area contributed by atoms with Crippen LogP contribution in [0.3, 0.4) is 0 Å². The fourth-order valence-electron chi connectivity index (χ4n) is 3.41. The maximum Gasteiger partial charge on any atom is 0.0365 e. The molecule has 0 aliphatic carbocycles. The van der Waals surface area contributed by atoms with Gasteiger partial charge in [0.25, 0.3) is 0 Å². The molecule has 3 rings (SSSR count). The second-order valence-corrected chi connectivity index (χ2v) is 5.64. The van der Waals surface area contributed by atoms with Gasteiger partial charge < -0.3 is 4.90 Å². The summed E-state index contributed by atoms with van der Waals surface area (Å²) in [6.07, 6.45) is 3.86. The van der Waals surface area contributed by atoms with Crippen LogP contribution in [0.5, 0.6) is 0 Å². The van der Waals surface area contributed by atoms with Crippen molar-refractivity contribution in [2.45, 2.75) is 31.3 Å². The van der Waals surface area contributed by atoms with Crippen molar-refractivity contribution in [3.63, 3.8) is 0 Å². The first kappa shape index (κ1) is 11.2. The molecule has 1 saturated heterocycles. The summed E-state index contributed by atoms with van der Waals surface area (Å²) in [6.45, 7) is 2.52. The molecule has 2 aliphatic heterocycles. The zero-order valence-corrected chi connectivity index (χ0v) is 10.9. The van der Waals surface area contributed by atoms with Crippen LogP contribution in [0.15, 0.2) is 24.3 Å². The van der Waals surface area contributed by atoms with Crippen molar-refractivity contribution in [3.8, 4) is 0 Å². The molecule has 0 aromatic heterocycles. The molecule has 0 spiro atoms. The Balaban J connectivity index is 1.88. The molecule has 0 N–H and O–H groups in total. The molecule has 1 fully saturated rings. The Morgan fingerprint density at radius 1 is 1.18 bits per heavy atom. The minimum absolute atomic E-state index is 0.668. The van der Waals surface area contributed by atoms with Crippen LogP contribution < -0.4 is 0 Å². The van der Waals surface area contributed by atoms with Crippen LogP contribution in [-0.2, 0) is 6.42 Å². The third-order valence-corrected chi connectivity index (χ3v) is 4.50. The van der Waals surface area contributed by atoms with Crippen LogP contribution in [-0.4, -0.2) is 43.0 Å². The summed E-state index contributed by atoms with van der Waals surface area (Å²) in [7, 11) is 4.43. The molecule has 2 heteroatoms. The van der Waals surface area contributed by atoms with Crippen molar-refractivity contribution in [3.05, 3.63) is 35.4 Å². The van der Waals surface area contributed by atoms with Crippen LogP contribution in [0.4, 0.5) is 0 Å². The zero-order valence-electron chi connectivity index (χ0n) is 10.9. The highest BCUT2D eigenvalue weighted by Crippen LogP contribution is 2.37. The van der Waals surface area contributed by atoms with Gasteiger partial charge >= 0.3 is 0 Å². The van der Waals surface area contributed by atoms with E-state index in [4.69, 9.17) is 0 Å². The second kappa shape index (κ2) is 4.43. The number of rotatable bonds is 1. The first-order chi connectivity index (χ1) is 8.25. The molecule has 92 valence electrons. The van der Waals surface area contributed by atoms with Crippen molar-refractivity contribution in [2.24, 2.45) is 0 Å². The summed E-state index contributed by atoms with van der Waals surface area (Å²) in [5, 5.41) is 0. The summed E-state index contributed by atoms with van der Waals surface area (Å²) in [6, 6.07) is 10.4.